The van der Waals surface area contributed by atoms with Crippen molar-refractivity contribution < 1.29 is 23.8 Å². The molecule has 1 saturated heterocycles. The maximum atomic E-state index is 12.8. The maximum absolute atomic E-state index is 12.8. The highest BCUT2D eigenvalue weighted by Gasteiger charge is 2.30. The molecule has 0 bridgehead atoms. The first-order chi connectivity index (χ1) is 13.2. The molecule has 1 aliphatic rings. The molecule has 0 aliphatic carbocycles. The molecule has 0 spiro atoms. The molecule has 0 atom stereocenters. The monoisotopic (exact) mass is 378 g/mol. The zero-order valence-electron chi connectivity index (χ0n) is 16.3. The van der Waals surface area contributed by atoms with E-state index in [1.165, 1.54) is 0 Å². The summed E-state index contributed by atoms with van der Waals surface area (Å²) < 4.78 is 15.7. The zero-order valence-corrected chi connectivity index (χ0v) is 16.3. The lowest BCUT2D eigenvalue weighted by atomic mass is 9.95. The number of carbonyl (C=O) groups excluding carboxylic acids is 2. The van der Waals surface area contributed by atoms with Crippen LogP contribution >= 0.6 is 0 Å². The predicted molar refractivity (Wildman–Crippen MR) is 102 cm³/mol. The molecule has 0 saturated carbocycles. The molecule has 1 aromatic carbocycles. The van der Waals surface area contributed by atoms with Crippen molar-refractivity contribution in [3.63, 3.8) is 0 Å². The first kappa shape index (κ1) is 21.2. The third-order valence-corrected chi connectivity index (χ3v) is 4.74. The van der Waals surface area contributed by atoms with Gasteiger partial charge in [-0.3, -0.25) is 9.59 Å². The fourth-order valence-corrected chi connectivity index (χ4v) is 3.12. The van der Waals surface area contributed by atoms with E-state index in [1.807, 2.05) is 30.3 Å². The van der Waals surface area contributed by atoms with Gasteiger partial charge in [0.1, 0.15) is 5.75 Å². The Hall–Kier alpha value is -2.12. The van der Waals surface area contributed by atoms with Crippen LogP contribution in [0.2, 0.25) is 0 Å². The number of para-hydroxylation sites is 1. The Bertz CT molecular complexity index is 565. The molecular weight excluding hydrogens is 348 g/mol. The van der Waals surface area contributed by atoms with E-state index in [-0.39, 0.29) is 24.3 Å². The molecule has 0 radical (unpaired) electrons. The fourth-order valence-electron chi connectivity index (χ4n) is 3.12. The number of benzene rings is 1. The summed E-state index contributed by atoms with van der Waals surface area (Å²) in [5.74, 6) is 0.706. The van der Waals surface area contributed by atoms with Crippen LogP contribution < -0.4 is 4.74 Å². The zero-order chi connectivity index (χ0) is 19.5. The van der Waals surface area contributed by atoms with Crippen LogP contribution in [-0.2, 0) is 19.1 Å². The second-order valence-electron chi connectivity index (χ2n) is 6.57. The van der Waals surface area contributed by atoms with Crippen LogP contribution in [-0.4, -0.2) is 81.8 Å². The SMILES string of the molecule is COCCN(CCOC)C(=O)C1CCN(C(=O)COc2ccccc2)CC1. The first-order valence-corrected chi connectivity index (χ1v) is 9.38. The second-order valence-corrected chi connectivity index (χ2v) is 6.57. The molecule has 1 aliphatic heterocycles. The van der Waals surface area contributed by atoms with Crippen LogP contribution in [0.3, 0.4) is 0 Å². The highest BCUT2D eigenvalue weighted by atomic mass is 16.5. The first-order valence-electron chi connectivity index (χ1n) is 9.38. The van der Waals surface area contributed by atoms with Crippen molar-refractivity contribution in [1.29, 1.82) is 0 Å². The molecule has 2 amide bonds. The van der Waals surface area contributed by atoms with E-state index in [0.717, 1.165) is 0 Å². The minimum atomic E-state index is -0.0576. The molecule has 27 heavy (non-hydrogen) atoms. The number of carbonyl (C=O) groups is 2. The molecule has 0 aromatic heterocycles. The number of amides is 2. The van der Waals surface area contributed by atoms with Gasteiger partial charge in [0.15, 0.2) is 6.61 Å². The molecule has 0 unspecified atom stereocenters. The topological polar surface area (TPSA) is 68.3 Å². The smallest absolute Gasteiger partial charge is 0.260 e. The Kier molecular flexibility index (Phi) is 9.07. The summed E-state index contributed by atoms with van der Waals surface area (Å²) in [6.07, 6.45) is 1.35. The van der Waals surface area contributed by atoms with Crippen molar-refractivity contribution >= 4 is 11.8 Å². The van der Waals surface area contributed by atoms with Gasteiger partial charge in [0.05, 0.1) is 13.2 Å². The van der Waals surface area contributed by atoms with Gasteiger partial charge < -0.3 is 24.0 Å². The molecule has 1 heterocycles. The molecular formula is C20H30N2O5. The van der Waals surface area contributed by atoms with Crippen LogP contribution in [0.25, 0.3) is 0 Å². The van der Waals surface area contributed by atoms with E-state index >= 15 is 0 Å². The third-order valence-electron chi connectivity index (χ3n) is 4.74. The Labute approximate surface area is 161 Å². The van der Waals surface area contributed by atoms with Gasteiger partial charge in [-0.1, -0.05) is 18.2 Å². The molecule has 0 N–H and O–H groups in total. The maximum Gasteiger partial charge on any atom is 0.260 e. The number of rotatable bonds is 10. The van der Waals surface area contributed by atoms with Crippen molar-refractivity contribution in [2.45, 2.75) is 12.8 Å². The number of piperidine rings is 1. The number of likely N-dealkylation sites (tertiary alicyclic amines) is 1. The van der Waals surface area contributed by atoms with E-state index in [2.05, 4.69) is 0 Å². The molecule has 2 rings (SSSR count). The average molecular weight is 378 g/mol. The Morgan fingerprint density at radius 1 is 1.04 bits per heavy atom. The number of ether oxygens (including phenoxy) is 3. The summed E-state index contributed by atoms with van der Waals surface area (Å²) >= 11 is 0. The number of nitrogens with zero attached hydrogens (tertiary/aromatic N) is 2. The van der Waals surface area contributed by atoms with Crippen LogP contribution in [0.4, 0.5) is 0 Å². The van der Waals surface area contributed by atoms with Crippen molar-refractivity contribution in [3.8, 4) is 5.75 Å². The van der Waals surface area contributed by atoms with E-state index in [9.17, 15) is 9.59 Å². The van der Waals surface area contributed by atoms with Gasteiger partial charge in [0.25, 0.3) is 5.91 Å². The normalized spacial score (nSPS) is 14.8. The Morgan fingerprint density at radius 3 is 2.19 bits per heavy atom. The predicted octanol–water partition coefficient (Wildman–Crippen LogP) is 1.43. The Morgan fingerprint density at radius 2 is 1.63 bits per heavy atom. The molecule has 1 aromatic rings. The van der Waals surface area contributed by atoms with Gasteiger partial charge in [-0.25, -0.2) is 0 Å². The lowest BCUT2D eigenvalue weighted by molar-refractivity contribution is -0.142. The fraction of sp³-hybridized carbons (Fsp3) is 0.600. The van der Waals surface area contributed by atoms with Crippen LogP contribution in [0.15, 0.2) is 30.3 Å². The molecule has 1 fully saturated rings. The van der Waals surface area contributed by atoms with Crippen LogP contribution in [0.1, 0.15) is 12.8 Å². The number of hydrogen-bond acceptors (Lipinski definition) is 5. The summed E-state index contributed by atoms with van der Waals surface area (Å²) in [7, 11) is 3.25. The average Bonchev–Trinajstić information content (AvgIpc) is 2.72. The van der Waals surface area contributed by atoms with Crippen molar-refractivity contribution in [2.24, 2.45) is 5.92 Å². The van der Waals surface area contributed by atoms with Crippen LogP contribution in [0, 0.1) is 5.92 Å². The van der Waals surface area contributed by atoms with Crippen molar-refractivity contribution in [3.05, 3.63) is 30.3 Å². The van der Waals surface area contributed by atoms with Crippen molar-refractivity contribution in [2.75, 3.05) is 60.2 Å². The summed E-state index contributed by atoms with van der Waals surface area (Å²) in [6.45, 7) is 3.31. The van der Waals surface area contributed by atoms with Crippen molar-refractivity contribution in [1.82, 2.24) is 9.80 Å². The third kappa shape index (κ3) is 6.84. The van der Waals surface area contributed by atoms with Gasteiger partial charge >= 0.3 is 0 Å². The largest absolute Gasteiger partial charge is 0.484 e. The second kappa shape index (κ2) is 11.6. The van der Waals surface area contributed by atoms with E-state index in [1.54, 1.807) is 24.0 Å². The minimum Gasteiger partial charge on any atom is -0.484 e. The standard InChI is InChI=1S/C20H30N2O5/c1-25-14-12-22(13-15-26-2)20(24)17-8-10-21(11-9-17)19(23)16-27-18-6-4-3-5-7-18/h3-7,17H,8-16H2,1-2H3. The van der Waals surface area contributed by atoms with E-state index < -0.39 is 0 Å². The lowest BCUT2D eigenvalue weighted by Gasteiger charge is -2.34. The van der Waals surface area contributed by atoms with Crippen LogP contribution in [0.5, 0.6) is 5.75 Å². The highest BCUT2D eigenvalue weighted by molar-refractivity contribution is 5.80. The van der Waals surface area contributed by atoms with Gasteiger partial charge in [-0.15, -0.1) is 0 Å². The molecule has 7 heteroatoms. The molecule has 7 nitrogen and oxygen atoms in total. The number of hydrogen-bond donors (Lipinski definition) is 0. The van der Waals surface area contributed by atoms with Gasteiger partial charge in [0.2, 0.25) is 5.91 Å². The lowest BCUT2D eigenvalue weighted by Crippen LogP contribution is -2.46. The quantitative estimate of drug-likeness (QED) is 0.616. The van der Waals surface area contributed by atoms with Gasteiger partial charge in [0, 0.05) is 46.3 Å². The summed E-state index contributed by atoms with van der Waals surface area (Å²) in [4.78, 5) is 28.7. The van der Waals surface area contributed by atoms with Gasteiger partial charge in [-0.2, -0.15) is 0 Å². The summed E-state index contributed by atoms with van der Waals surface area (Å²) in [5.41, 5.74) is 0. The number of methoxy groups -OCH3 is 2. The minimum absolute atomic E-state index is 0.0242. The van der Waals surface area contributed by atoms with E-state index in [0.29, 0.717) is 58.0 Å². The molecule has 150 valence electrons. The Balaban J connectivity index is 1.78. The summed E-state index contributed by atoms with van der Waals surface area (Å²) in [5, 5.41) is 0. The van der Waals surface area contributed by atoms with E-state index in [4.69, 9.17) is 14.2 Å². The summed E-state index contributed by atoms with van der Waals surface area (Å²) in [6, 6.07) is 9.30. The highest BCUT2D eigenvalue weighted by Crippen LogP contribution is 2.20. The van der Waals surface area contributed by atoms with Gasteiger partial charge in [-0.05, 0) is 25.0 Å².